The molecule has 1 aliphatic carbocycles. The molecule has 1 heteroatoms. The summed E-state index contributed by atoms with van der Waals surface area (Å²) in [5, 5.41) is 0. The molecule has 1 aliphatic rings. The highest BCUT2D eigenvalue weighted by Crippen LogP contribution is 2.60. The van der Waals surface area contributed by atoms with Crippen LogP contribution in [0.4, 0.5) is 0 Å². The van der Waals surface area contributed by atoms with Gasteiger partial charge in [-0.1, -0.05) is 46.8 Å². The fourth-order valence-electron chi connectivity index (χ4n) is 3.27. The Hall–Kier alpha value is 0.0900. The summed E-state index contributed by atoms with van der Waals surface area (Å²) in [6.45, 7) is 11.7. The monoisotopic (exact) mass is 198 g/mol. The average Bonchev–Trinajstić information content (AvgIpc) is 1.97. The Morgan fingerprint density at radius 2 is 1.69 bits per heavy atom. The average molecular weight is 198 g/mol. The van der Waals surface area contributed by atoms with Crippen LogP contribution in [-0.4, -0.2) is 4.86 Å². The molecule has 0 unspecified atom stereocenters. The molecule has 76 valence electrons. The van der Waals surface area contributed by atoms with Crippen molar-refractivity contribution in [3.05, 3.63) is 0 Å². The SMILES string of the molecule is CCC(=S)CC1C(C)(C)CC1(C)C. The van der Waals surface area contributed by atoms with Gasteiger partial charge in [0.15, 0.2) is 0 Å². The van der Waals surface area contributed by atoms with Crippen LogP contribution < -0.4 is 0 Å². The van der Waals surface area contributed by atoms with E-state index in [2.05, 4.69) is 34.6 Å². The lowest BCUT2D eigenvalue weighted by Crippen LogP contribution is -2.50. The van der Waals surface area contributed by atoms with Crippen molar-refractivity contribution in [2.24, 2.45) is 16.7 Å². The molecule has 0 radical (unpaired) electrons. The van der Waals surface area contributed by atoms with Crippen LogP contribution in [0.25, 0.3) is 0 Å². The van der Waals surface area contributed by atoms with Gasteiger partial charge in [-0.2, -0.15) is 0 Å². The standard InChI is InChI=1S/C12H22S/c1-6-9(13)7-10-11(2,3)8-12(10,4)5/h10H,6-8H2,1-5H3. The van der Waals surface area contributed by atoms with E-state index in [-0.39, 0.29) is 0 Å². The van der Waals surface area contributed by atoms with Crippen LogP contribution in [0.5, 0.6) is 0 Å². The molecule has 0 aromatic heterocycles. The lowest BCUT2D eigenvalue weighted by Gasteiger charge is -2.58. The Balaban J connectivity index is 2.61. The minimum atomic E-state index is 0.517. The van der Waals surface area contributed by atoms with Gasteiger partial charge in [0.05, 0.1) is 0 Å². The predicted molar refractivity (Wildman–Crippen MR) is 63.2 cm³/mol. The van der Waals surface area contributed by atoms with Crippen molar-refractivity contribution in [1.29, 1.82) is 0 Å². The lowest BCUT2D eigenvalue weighted by atomic mass is 9.47. The highest BCUT2D eigenvalue weighted by Gasteiger charge is 2.52. The normalized spacial score (nSPS) is 25.3. The van der Waals surface area contributed by atoms with Crippen molar-refractivity contribution in [2.45, 2.75) is 53.9 Å². The predicted octanol–water partition coefficient (Wildman–Crippen LogP) is 4.23. The Bertz CT molecular complexity index is 199. The molecule has 0 heterocycles. The molecule has 0 bridgehead atoms. The van der Waals surface area contributed by atoms with E-state index in [1.807, 2.05) is 0 Å². The van der Waals surface area contributed by atoms with Crippen LogP contribution in [0.15, 0.2) is 0 Å². The van der Waals surface area contributed by atoms with Crippen LogP contribution in [0.2, 0.25) is 0 Å². The third-order valence-corrected chi connectivity index (χ3v) is 4.08. The van der Waals surface area contributed by atoms with E-state index in [1.165, 1.54) is 11.3 Å². The van der Waals surface area contributed by atoms with Gasteiger partial charge < -0.3 is 0 Å². The van der Waals surface area contributed by atoms with Crippen molar-refractivity contribution < 1.29 is 0 Å². The summed E-state index contributed by atoms with van der Waals surface area (Å²) in [4.78, 5) is 1.26. The first-order valence-electron chi connectivity index (χ1n) is 5.31. The second-order valence-electron chi connectivity index (χ2n) is 5.80. The number of rotatable bonds is 3. The zero-order valence-electron chi connectivity index (χ0n) is 9.61. The van der Waals surface area contributed by atoms with E-state index >= 15 is 0 Å². The maximum absolute atomic E-state index is 5.34. The van der Waals surface area contributed by atoms with Crippen molar-refractivity contribution in [1.82, 2.24) is 0 Å². The molecule has 0 nitrogen and oxygen atoms in total. The van der Waals surface area contributed by atoms with Gasteiger partial charge >= 0.3 is 0 Å². The van der Waals surface area contributed by atoms with Crippen LogP contribution >= 0.6 is 12.2 Å². The van der Waals surface area contributed by atoms with E-state index in [0.29, 0.717) is 10.8 Å². The molecule has 0 atom stereocenters. The Morgan fingerprint density at radius 1 is 1.23 bits per heavy atom. The minimum Gasteiger partial charge on any atom is -0.0897 e. The molecular weight excluding hydrogens is 176 g/mol. The summed E-state index contributed by atoms with van der Waals surface area (Å²) in [5.41, 5.74) is 1.03. The largest absolute Gasteiger partial charge is 0.0897 e. The van der Waals surface area contributed by atoms with Gasteiger partial charge in [0.1, 0.15) is 0 Å². The zero-order valence-corrected chi connectivity index (χ0v) is 10.4. The van der Waals surface area contributed by atoms with Crippen LogP contribution in [0.3, 0.4) is 0 Å². The van der Waals surface area contributed by atoms with Crippen LogP contribution in [0, 0.1) is 16.7 Å². The van der Waals surface area contributed by atoms with Gasteiger partial charge in [-0.15, -0.1) is 0 Å². The van der Waals surface area contributed by atoms with Gasteiger partial charge in [-0.05, 0) is 40.9 Å². The molecule has 0 N–H and O–H groups in total. The molecule has 13 heavy (non-hydrogen) atoms. The van der Waals surface area contributed by atoms with Gasteiger partial charge in [0.2, 0.25) is 0 Å². The van der Waals surface area contributed by atoms with Crippen molar-refractivity contribution >= 4 is 17.1 Å². The number of hydrogen-bond donors (Lipinski definition) is 0. The van der Waals surface area contributed by atoms with E-state index in [1.54, 1.807) is 0 Å². The fourth-order valence-corrected chi connectivity index (χ4v) is 3.44. The van der Waals surface area contributed by atoms with Gasteiger partial charge in [-0.25, -0.2) is 0 Å². The van der Waals surface area contributed by atoms with E-state index in [0.717, 1.165) is 18.8 Å². The maximum Gasteiger partial charge on any atom is -0.00711 e. The number of thiocarbonyl (C=S) groups is 1. The maximum atomic E-state index is 5.34. The molecule has 0 spiro atoms. The van der Waals surface area contributed by atoms with Crippen molar-refractivity contribution in [2.75, 3.05) is 0 Å². The summed E-state index contributed by atoms with van der Waals surface area (Å²) < 4.78 is 0. The Labute approximate surface area is 88.1 Å². The van der Waals surface area contributed by atoms with Gasteiger partial charge in [0.25, 0.3) is 0 Å². The van der Waals surface area contributed by atoms with Gasteiger partial charge in [-0.3, -0.25) is 0 Å². The summed E-state index contributed by atoms with van der Waals surface area (Å²) in [6.07, 6.45) is 3.57. The quantitative estimate of drug-likeness (QED) is 0.612. The molecule has 1 rings (SSSR count). The summed E-state index contributed by atoms with van der Waals surface area (Å²) >= 11 is 5.34. The molecule has 1 fully saturated rings. The summed E-state index contributed by atoms with van der Waals surface area (Å²) in [5.74, 6) is 0.799. The highest BCUT2D eigenvalue weighted by molar-refractivity contribution is 7.80. The van der Waals surface area contributed by atoms with Crippen molar-refractivity contribution in [3.8, 4) is 0 Å². The third-order valence-electron chi connectivity index (χ3n) is 3.62. The zero-order chi connectivity index (χ0) is 10.3. The van der Waals surface area contributed by atoms with E-state index < -0.39 is 0 Å². The first-order valence-corrected chi connectivity index (χ1v) is 5.72. The summed E-state index contributed by atoms with van der Waals surface area (Å²) in [6, 6.07) is 0. The van der Waals surface area contributed by atoms with Gasteiger partial charge in [0, 0.05) is 0 Å². The molecule has 0 amide bonds. The molecule has 1 saturated carbocycles. The third kappa shape index (κ3) is 2.12. The van der Waals surface area contributed by atoms with E-state index in [4.69, 9.17) is 12.2 Å². The fraction of sp³-hybridized carbons (Fsp3) is 0.917. The lowest BCUT2D eigenvalue weighted by molar-refractivity contribution is -0.0748. The first-order chi connectivity index (χ1) is 5.79. The summed E-state index contributed by atoms with van der Waals surface area (Å²) in [7, 11) is 0. The second kappa shape index (κ2) is 3.34. The number of hydrogen-bond acceptors (Lipinski definition) is 1. The van der Waals surface area contributed by atoms with E-state index in [9.17, 15) is 0 Å². The second-order valence-corrected chi connectivity index (χ2v) is 6.38. The van der Waals surface area contributed by atoms with Crippen LogP contribution in [-0.2, 0) is 0 Å². The molecule has 0 aliphatic heterocycles. The molecule has 0 aromatic rings. The van der Waals surface area contributed by atoms with Crippen LogP contribution in [0.1, 0.15) is 53.9 Å². The molecular formula is C12H22S. The topological polar surface area (TPSA) is 0 Å². The molecule has 0 aromatic carbocycles. The highest BCUT2D eigenvalue weighted by atomic mass is 32.1. The first kappa shape index (κ1) is 11.2. The minimum absolute atomic E-state index is 0.517. The van der Waals surface area contributed by atoms with Crippen molar-refractivity contribution in [3.63, 3.8) is 0 Å². The Morgan fingerprint density at radius 3 is 2.00 bits per heavy atom. The Kier molecular flexibility index (Phi) is 2.87. The smallest absolute Gasteiger partial charge is 0.00711 e. The molecule has 0 saturated heterocycles.